The lowest BCUT2D eigenvalue weighted by molar-refractivity contribution is 0.324. The van der Waals surface area contributed by atoms with Crippen molar-refractivity contribution in [2.75, 3.05) is 13.1 Å². The van der Waals surface area contributed by atoms with E-state index in [2.05, 4.69) is 5.32 Å². The van der Waals surface area contributed by atoms with Crippen LogP contribution in [-0.2, 0) is 0 Å². The molecule has 1 atom stereocenters. The van der Waals surface area contributed by atoms with Crippen molar-refractivity contribution in [3.8, 4) is 0 Å². The fourth-order valence-corrected chi connectivity index (χ4v) is 2.94. The van der Waals surface area contributed by atoms with E-state index in [0.717, 1.165) is 11.8 Å². The summed E-state index contributed by atoms with van der Waals surface area (Å²) in [6, 6.07) is 0. The lowest BCUT2D eigenvalue weighted by Gasteiger charge is -2.23. The predicted octanol–water partition coefficient (Wildman–Crippen LogP) is 3.38. The van der Waals surface area contributed by atoms with Crippen LogP contribution in [0, 0.1) is 11.8 Å². The molecule has 2 rings (SSSR count). The van der Waals surface area contributed by atoms with Crippen LogP contribution in [0.15, 0.2) is 0 Å². The second-order valence-corrected chi connectivity index (χ2v) is 4.94. The van der Waals surface area contributed by atoms with Crippen LogP contribution in [0.1, 0.15) is 51.4 Å². The molecule has 2 heteroatoms. The van der Waals surface area contributed by atoms with E-state index in [-0.39, 0.29) is 12.4 Å². The van der Waals surface area contributed by atoms with Crippen molar-refractivity contribution in [1.29, 1.82) is 0 Å². The minimum atomic E-state index is 0. The van der Waals surface area contributed by atoms with Crippen LogP contribution < -0.4 is 5.32 Å². The largest absolute Gasteiger partial charge is 0.316 e. The number of halogens is 1. The molecule has 2 fully saturated rings. The van der Waals surface area contributed by atoms with Crippen molar-refractivity contribution in [3.63, 3.8) is 0 Å². The number of piperidine rings is 1. The zero-order chi connectivity index (χ0) is 8.93. The fourth-order valence-electron chi connectivity index (χ4n) is 2.94. The van der Waals surface area contributed by atoms with Gasteiger partial charge in [-0.3, -0.25) is 0 Å². The molecule has 1 nitrogen and oxygen atoms in total. The Balaban J connectivity index is 0.000000980. The monoisotopic (exact) mass is 217 g/mol. The van der Waals surface area contributed by atoms with E-state index >= 15 is 0 Å². The molecule has 1 saturated heterocycles. The molecule has 1 saturated carbocycles. The topological polar surface area (TPSA) is 12.0 Å². The zero-order valence-corrected chi connectivity index (χ0v) is 9.95. The summed E-state index contributed by atoms with van der Waals surface area (Å²) in [6.45, 7) is 2.56. The van der Waals surface area contributed by atoms with Gasteiger partial charge in [0.1, 0.15) is 0 Å². The van der Waals surface area contributed by atoms with Crippen molar-refractivity contribution >= 4 is 12.4 Å². The first-order valence-electron chi connectivity index (χ1n) is 6.16. The maximum atomic E-state index is 3.51. The average molecular weight is 218 g/mol. The van der Waals surface area contributed by atoms with Crippen molar-refractivity contribution in [1.82, 2.24) is 5.32 Å². The minimum Gasteiger partial charge on any atom is -0.316 e. The molecule has 1 heterocycles. The van der Waals surface area contributed by atoms with Crippen molar-refractivity contribution < 1.29 is 0 Å². The predicted molar refractivity (Wildman–Crippen MR) is 64.0 cm³/mol. The van der Waals surface area contributed by atoms with Gasteiger partial charge in [-0.05, 0) is 44.2 Å². The molecule has 14 heavy (non-hydrogen) atoms. The van der Waals surface area contributed by atoms with E-state index in [4.69, 9.17) is 0 Å². The Kier molecular flexibility index (Phi) is 5.88. The Morgan fingerprint density at radius 3 is 2.14 bits per heavy atom. The average Bonchev–Trinajstić information content (AvgIpc) is 2.69. The van der Waals surface area contributed by atoms with E-state index < -0.39 is 0 Å². The highest BCUT2D eigenvalue weighted by molar-refractivity contribution is 5.85. The molecule has 0 aromatic carbocycles. The van der Waals surface area contributed by atoms with Gasteiger partial charge in [-0.25, -0.2) is 0 Å². The minimum absolute atomic E-state index is 0. The van der Waals surface area contributed by atoms with Crippen LogP contribution >= 0.6 is 12.4 Å². The van der Waals surface area contributed by atoms with Gasteiger partial charge >= 0.3 is 0 Å². The smallest absolute Gasteiger partial charge is 0.00205 e. The third-order valence-electron chi connectivity index (χ3n) is 3.86. The van der Waals surface area contributed by atoms with Crippen molar-refractivity contribution in [3.05, 3.63) is 0 Å². The number of rotatable bonds is 3. The summed E-state index contributed by atoms with van der Waals surface area (Å²) in [6.07, 6.45) is 12.0. The summed E-state index contributed by atoms with van der Waals surface area (Å²) in [5.41, 5.74) is 0. The molecule has 0 radical (unpaired) electrons. The Hall–Kier alpha value is 0.250. The molecule has 84 valence electrons. The molecule has 1 aliphatic heterocycles. The first kappa shape index (κ1) is 12.3. The van der Waals surface area contributed by atoms with Gasteiger partial charge in [0.2, 0.25) is 0 Å². The standard InChI is InChI=1S/C12H23N.ClH/c1-2-5-11(4-1)7-8-12-6-3-9-13-10-12;/h11-13H,1-10H2;1H. The van der Waals surface area contributed by atoms with E-state index in [0.29, 0.717) is 0 Å². The van der Waals surface area contributed by atoms with E-state index in [1.807, 2.05) is 0 Å². The van der Waals surface area contributed by atoms with Gasteiger partial charge in [0, 0.05) is 0 Å². The lowest BCUT2D eigenvalue weighted by Crippen LogP contribution is -2.29. The van der Waals surface area contributed by atoms with E-state index in [9.17, 15) is 0 Å². The van der Waals surface area contributed by atoms with Crippen molar-refractivity contribution in [2.24, 2.45) is 11.8 Å². The second kappa shape index (κ2) is 6.68. The first-order valence-corrected chi connectivity index (χ1v) is 6.16. The fraction of sp³-hybridized carbons (Fsp3) is 1.00. The van der Waals surface area contributed by atoms with Crippen LogP contribution in [0.5, 0.6) is 0 Å². The molecule has 0 amide bonds. The van der Waals surface area contributed by atoms with Gasteiger partial charge in [0.15, 0.2) is 0 Å². The van der Waals surface area contributed by atoms with Gasteiger partial charge in [-0.1, -0.05) is 32.1 Å². The molecule has 1 N–H and O–H groups in total. The summed E-state index contributed by atoms with van der Waals surface area (Å²) >= 11 is 0. The Labute approximate surface area is 94.4 Å². The van der Waals surface area contributed by atoms with E-state index in [1.54, 1.807) is 0 Å². The number of nitrogens with one attached hydrogen (secondary N) is 1. The first-order chi connectivity index (χ1) is 6.45. The van der Waals surface area contributed by atoms with Gasteiger partial charge in [0.25, 0.3) is 0 Å². The van der Waals surface area contributed by atoms with Crippen LogP contribution in [0.3, 0.4) is 0 Å². The van der Waals surface area contributed by atoms with Crippen LogP contribution in [-0.4, -0.2) is 13.1 Å². The van der Waals surface area contributed by atoms with Crippen LogP contribution in [0.4, 0.5) is 0 Å². The van der Waals surface area contributed by atoms with Gasteiger partial charge < -0.3 is 5.32 Å². The third-order valence-corrected chi connectivity index (χ3v) is 3.86. The Morgan fingerprint density at radius 1 is 0.857 bits per heavy atom. The van der Waals surface area contributed by atoms with Gasteiger partial charge in [0.05, 0.1) is 0 Å². The maximum Gasteiger partial charge on any atom is -0.00205 e. The van der Waals surface area contributed by atoms with Gasteiger partial charge in [-0.2, -0.15) is 0 Å². The van der Waals surface area contributed by atoms with Crippen LogP contribution in [0.25, 0.3) is 0 Å². The molecule has 0 aromatic rings. The highest BCUT2D eigenvalue weighted by Crippen LogP contribution is 2.30. The Morgan fingerprint density at radius 2 is 1.50 bits per heavy atom. The summed E-state index contributed by atoms with van der Waals surface area (Å²) in [7, 11) is 0. The summed E-state index contributed by atoms with van der Waals surface area (Å²) in [5.74, 6) is 2.11. The second-order valence-electron chi connectivity index (χ2n) is 4.94. The SMILES string of the molecule is C1CCC(CCC2CCCNC2)C1.Cl. The highest BCUT2D eigenvalue weighted by atomic mass is 35.5. The molecule has 1 aliphatic carbocycles. The quantitative estimate of drug-likeness (QED) is 0.765. The zero-order valence-electron chi connectivity index (χ0n) is 9.13. The lowest BCUT2D eigenvalue weighted by atomic mass is 9.90. The Bertz CT molecular complexity index is 137. The van der Waals surface area contributed by atoms with Gasteiger partial charge in [-0.15, -0.1) is 12.4 Å². The van der Waals surface area contributed by atoms with Crippen molar-refractivity contribution in [2.45, 2.75) is 51.4 Å². The molecule has 0 spiro atoms. The maximum absolute atomic E-state index is 3.51. The molecular weight excluding hydrogens is 194 g/mol. The number of hydrogen-bond donors (Lipinski definition) is 1. The number of hydrogen-bond acceptors (Lipinski definition) is 1. The molecule has 0 bridgehead atoms. The third kappa shape index (κ3) is 3.78. The highest BCUT2D eigenvalue weighted by Gasteiger charge is 2.18. The molecule has 1 unspecified atom stereocenters. The van der Waals surface area contributed by atoms with Crippen LogP contribution in [0.2, 0.25) is 0 Å². The molecule has 2 aliphatic rings. The summed E-state index contributed by atoms with van der Waals surface area (Å²) < 4.78 is 0. The molecular formula is C12H24ClN. The summed E-state index contributed by atoms with van der Waals surface area (Å²) in [5, 5.41) is 3.51. The van der Waals surface area contributed by atoms with E-state index in [1.165, 1.54) is 64.5 Å². The normalized spacial score (nSPS) is 28.7. The summed E-state index contributed by atoms with van der Waals surface area (Å²) in [4.78, 5) is 0. The molecule has 0 aromatic heterocycles.